The van der Waals surface area contributed by atoms with Gasteiger partial charge in [-0.3, -0.25) is 0 Å². The van der Waals surface area contributed by atoms with Crippen LogP contribution >= 0.6 is 0 Å². The number of hydrogen-bond acceptors (Lipinski definition) is 14. The Morgan fingerprint density at radius 2 is 0.667 bits per heavy atom. The van der Waals surface area contributed by atoms with Crippen LogP contribution in [-0.4, -0.2) is 103 Å². The number of benzene rings is 4. The standard InChI is InChI=1S/C52H52N12O4.Zn/c1-5-25-61(26-6-1)65-37-21-13-17-33-41(37)49-53-45(33)58-50-43-35(19-15-23-39(43)67-63-29-9-3-10-30-63)47(55-50)60-52-44-36(20-16-24-40(44)68-64-31-11-4-12-32-64)48(56-52)59-51-42-34(46(54-51)57-49)18-14-22-38(42)66-62-27-7-2-8-28-62;/h13-24H,1-12,25-32H2;/q-2;+2. The smallest absolute Gasteiger partial charge is 0.405 e. The van der Waals surface area contributed by atoms with E-state index in [1.807, 2.05) is 93.0 Å². The molecular formula is C52H52N12O4Zn. The molecule has 346 valence electrons. The fraction of sp³-hybridized carbons (Fsp3) is 0.385. The van der Waals surface area contributed by atoms with Crippen LogP contribution in [0.15, 0.2) is 72.8 Å². The summed E-state index contributed by atoms with van der Waals surface area (Å²) in [6.45, 7) is 6.68. The fourth-order valence-electron chi connectivity index (χ4n) is 10.4. The van der Waals surface area contributed by atoms with Gasteiger partial charge in [-0.15, -0.1) is 20.3 Å². The third-order valence-electron chi connectivity index (χ3n) is 13.8. The van der Waals surface area contributed by atoms with Crippen molar-refractivity contribution >= 4 is 44.1 Å². The number of nitrogens with zero attached hydrogens (tertiary/aromatic N) is 12. The Balaban J connectivity index is 0.00000492. The van der Waals surface area contributed by atoms with Gasteiger partial charge in [0, 0.05) is 96.8 Å². The minimum atomic E-state index is 0. The van der Waals surface area contributed by atoms with Crippen LogP contribution in [0.4, 0.5) is 0 Å². The van der Waals surface area contributed by atoms with Crippen LogP contribution in [0.5, 0.6) is 23.0 Å². The summed E-state index contributed by atoms with van der Waals surface area (Å²) < 4.78 is 0. The topological polar surface area (TPSA) is 155 Å². The Morgan fingerprint density at radius 3 is 1.12 bits per heavy atom. The molecule has 0 radical (unpaired) electrons. The molecule has 6 aliphatic heterocycles. The van der Waals surface area contributed by atoms with Crippen molar-refractivity contribution in [2.24, 2.45) is 0 Å². The number of fused-ring (bicyclic) bond motifs is 20. The maximum Gasteiger partial charge on any atom is 2.00 e. The van der Waals surface area contributed by atoms with Crippen LogP contribution in [0.1, 0.15) is 77.0 Å². The largest absolute Gasteiger partial charge is 2.00 e. The Kier molecular flexibility index (Phi) is 12.2. The van der Waals surface area contributed by atoms with Crippen molar-refractivity contribution in [1.82, 2.24) is 60.1 Å². The second-order valence-electron chi connectivity index (χ2n) is 18.5. The molecular weight excluding hydrogens is 922 g/mol. The molecule has 0 unspecified atom stereocenters. The molecule has 0 N–H and O–H groups in total. The number of rotatable bonds is 8. The molecule has 0 atom stereocenters. The van der Waals surface area contributed by atoms with Gasteiger partial charge < -0.3 is 44.3 Å². The van der Waals surface area contributed by atoms with Crippen molar-refractivity contribution in [2.75, 3.05) is 52.4 Å². The molecule has 0 aliphatic carbocycles. The first-order chi connectivity index (χ1) is 33.7. The van der Waals surface area contributed by atoms with Crippen molar-refractivity contribution in [3.63, 3.8) is 0 Å². The summed E-state index contributed by atoms with van der Waals surface area (Å²) >= 11 is 0. The zero-order valence-electron chi connectivity index (χ0n) is 38.8. The Bertz CT molecular complexity index is 3230. The van der Waals surface area contributed by atoms with Crippen molar-refractivity contribution in [2.45, 2.75) is 77.0 Å². The van der Waals surface area contributed by atoms with Gasteiger partial charge in [0.25, 0.3) is 0 Å². The summed E-state index contributed by atoms with van der Waals surface area (Å²) in [4.78, 5) is 69.2. The average Bonchev–Trinajstić information content (AvgIpc) is 4.12. The molecule has 4 aromatic carbocycles. The summed E-state index contributed by atoms with van der Waals surface area (Å²) in [5, 5.41) is 11.2. The molecule has 13 rings (SSSR count). The number of aromatic nitrogens is 8. The van der Waals surface area contributed by atoms with Gasteiger partial charge in [0.15, 0.2) is 34.6 Å². The van der Waals surface area contributed by atoms with E-state index in [4.69, 9.17) is 59.2 Å². The van der Waals surface area contributed by atoms with Crippen LogP contribution in [0.25, 0.3) is 89.7 Å². The monoisotopic (exact) mass is 972 g/mol. The molecule has 0 saturated carbocycles. The van der Waals surface area contributed by atoms with E-state index in [1.165, 1.54) is 25.7 Å². The van der Waals surface area contributed by atoms with Gasteiger partial charge in [-0.25, -0.2) is 15.0 Å². The summed E-state index contributed by atoms with van der Waals surface area (Å²) in [6, 6.07) is 24.0. The van der Waals surface area contributed by atoms with Crippen LogP contribution in [0, 0.1) is 0 Å². The number of hydrogen-bond donors (Lipinski definition) is 0. The molecule has 0 amide bonds. The van der Waals surface area contributed by atoms with Crippen LogP contribution in [-0.2, 0) is 19.5 Å². The molecule has 16 nitrogen and oxygen atoms in total. The molecule has 3 aromatic heterocycles. The van der Waals surface area contributed by atoms with E-state index in [9.17, 15) is 0 Å². The van der Waals surface area contributed by atoms with Crippen molar-refractivity contribution < 1.29 is 38.8 Å². The Hall–Kier alpha value is -6.10. The molecule has 6 aliphatic rings. The second-order valence-corrected chi connectivity index (χ2v) is 18.5. The quantitative estimate of drug-likeness (QED) is 0.133. The van der Waals surface area contributed by atoms with Crippen molar-refractivity contribution in [1.29, 1.82) is 0 Å². The molecule has 9 heterocycles. The van der Waals surface area contributed by atoms with Crippen molar-refractivity contribution in [3.05, 3.63) is 72.8 Å². The van der Waals surface area contributed by atoms with Crippen LogP contribution in [0.2, 0.25) is 0 Å². The fourth-order valence-corrected chi connectivity index (χ4v) is 10.4. The predicted octanol–water partition coefficient (Wildman–Crippen LogP) is 9.24. The molecule has 8 bridgehead atoms. The predicted molar refractivity (Wildman–Crippen MR) is 258 cm³/mol. The van der Waals surface area contributed by atoms with Gasteiger partial charge in [-0.2, -0.15) is 0 Å². The molecule has 4 saturated heterocycles. The molecule has 0 spiro atoms. The van der Waals surface area contributed by atoms with Gasteiger partial charge in [0.1, 0.15) is 0 Å². The zero-order chi connectivity index (χ0) is 45.0. The minimum absolute atomic E-state index is 0. The molecule has 69 heavy (non-hydrogen) atoms. The summed E-state index contributed by atoms with van der Waals surface area (Å²) in [6.07, 6.45) is 13.3. The first-order valence-electron chi connectivity index (χ1n) is 24.6. The molecule has 17 heteroatoms. The Morgan fingerprint density at radius 1 is 0.333 bits per heavy atom. The second kappa shape index (κ2) is 19.0. The first-order valence-corrected chi connectivity index (χ1v) is 24.6. The van der Waals surface area contributed by atoms with Crippen LogP contribution in [0.3, 0.4) is 0 Å². The zero-order valence-corrected chi connectivity index (χ0v) is 41.7. The maximum absolute atomic E-state index is 6.71. The maximum atomic E-state index is 6.71. The van der Waals surface area contributed by atoms with E-state index in [2.05, 4.69) is 0 Å². The van der Waals surface area contributed by atoms with Gasteiger partial charge in [-0.1, -0.05) is 74.2 Å². The third-order valence-corrected chi connectivity index (χ3v) is 13.8. The van der Waals surface area contributed by atoms with Crippen LogP contribution < -0.4 is 29.3 Å². The van der Waals surface area contributed by atoms with E-state index in [0.717, 1.165) is 148 Å². The SMILES string of the molecule is [Zn+2].c1cc(ON2CCCCC2)c2c(c1)-c1nc-2nc2nc(nc3[n-]c(nc4[n-]c(n1)c1c(ON5CCCCC5)cccc41)c1c(ON4CCCCC4)cccc31)-c1c(ON3CCCCC3)cccc1-2. The van der Waals surface area contributed by atoms with Gasteiger partial charge >= 0.3 is 19.5 Å². The van der Waals surface area contributed by atoms with E-state index in [1.54, 1.807) is 0 Å². The minimum Gasteiger partial charge on any atom is -0.405 e. The summed E-state index contributed by atoms with van der Waals surface area (Å²) in [5.41, 5.74) is 4.75. The van der Waals surface area contributed by atoms with Gasteiger partial charge in [0.2, 0.25) is 0 Å². The molecule has 7 aromatic rings. The average molecular weight is 974 g/mol. The summed E-state index contributed by atoms with van der Waals surface area (Å²) in [5.74, 6) is 4.34. The van der Waals surface area contributed by atoms with E-state index < -0.39 is 0 Å². The van der Waals surface area contributed by atoms with E-state index in [-0.39, 0.29) is 19.5 Å². The number of piperidine rings is 4. The van der Waals surface area contributed by atoms with Gasteiger partial charge in [0.05, 0.1) is 22.8 Å². The first kappa shape index (κ1) is 44.1. The van der Waals surface area contributed by atoms with E-state index in [0.29, 0.717) is 68.9 Å². The Labute approximate surface area is 412 Å². The molecule has 4 fully saturated rings. The number of hydroxylamine groups is 8. The third kappa shape index (κ3) is 8.47. The van der Waals surface area contributed by atoms with Gasteiger partial charge in [-0.05, 0) is 86.4 Å². The van der Waals surface area contributed by atoms with E-state index >= 15 is 0 Å². The summed E-state index contributed by atoms with van der Waals surface area (Å²) in [7, 11) is 0. The van der Waals surface area contributed by atoms with Crippen molar-refractivity contribution in [3.8, 4) is 68.5 Å². The normalized spacial score (nSPS) is 18.1.